The minimum absolute atomic E-state index is 0.0359. The Morgan fingerprint density at radius 1 is 1.10 bits per heavy atom. The van der Waals surface area contributed by atoms with Gasteiger partial charge in [-0.05, 0) is 23.3 Å². The van der Waals surface area contributed by atoms with Crippen LogP contribution in [0.4, 0.5) is 19.0 Å². The number of halogens is 3. The van der Waals surface area contributed by atoms with E-state index in [1.54, 1.807) is 11.6 Å². The van der Waals surface area contributed by atoms with E-state index in [1.807, 2.05) is 30.3 Å². The Kier molecular flexibility index (Phi) is 5.62. The first-order valence-corrected chi connectivity index (χ1v) is 10.5. The molecule has 0 saturated carbocycles. The van der Waals surface area contributed by atoms with Crippen LogP contribution in [0.5, 0.6) is 0 Å². The molecule has 1 aliphatic heterocycles. The first kappa shape index (κ1) is 21.2. The number of benzene rings is 2. The van der Waals surface area contributed by atoms with E-state index in [4.69, 9.17) is 0 Å². The molecule has 1 aromatic heterocycles. The number of amides is 1. The number of alkyl halides is 3. The van der Waals surface area contributed by atoms with E-state index in [2.05, 4.69) is 10.3 Å². The van der Waals surface area contributed by atoms with Crippen LogP contribution in [-0.2, 0) is 23.8 Å². The number of fused-ring (bicyclic) bond motifs is 1. The third-order valence-electron chi connectivity index (χ3n) is 5.15. The summed E-state index contributed by atoms with van der Waals surface area (Å²) in [5.41, 5.74) is 0.536. The van der Waals surface area contributed by atoms with Crippen LogP contribution < -0.4 is 10.9 Å². The van der Waals surface area contributed by atoms with Gasteiger partial charge in [-0.15, -0.1) is 0 Å². The zero-order valence-electron chi connectivity index (χ0n) is 16.4. The third-order valence-corrected chi connectivity index (χ3v) is 6.25. The molecule has 1 N–H and O–H groups in total. The number of anilines is 1. The fourth-order valence-electron chi connectivity index (χ4n) is 3.58. The smallest absolute Gasteiger partial charge is 0.312 e. The molecule has 1 atom stereocenters. The molecular weight excluding hydrogens is 427 g/mol. The lowest BCUT2D eigenvalue weighted by molar-refractivity contribution is -0.137. The molecular formula is C22H18F3N3O2S. The van der Waals surface area contributed by atoms with Gasteiger partial charge in [0.05, 0.1) is 11.1 Å². The summed E-state index contributed by atoms with van der Waals surface area (Å²) in [7, 11) is 1.70. The SMILES string of the molecule is Cn1c(SCc2ccccc2)nc(=O)c2c1NC(=O)CC2c1ccc(C(F)(F)F)cc1. The van der Waals surface area contributed by atoms with Gasteiger partial charge in [-0.3, -0.25) is 9.59 Å². The number of hydrogen-bond acceptors (Lipinski definition) is 4. The fraction of sp³-hybridized carbons (Fsp3) is 0.227. The molecule has 1 unspecified atom stereocenters. The van der Waals surface area contributed by atoms with Gasteiger partial charge in [0.2, 0.25) is 5.91 Å². The molecule has 160 valence electrons. The van der Waals surface area contributed by atoms with Crippen molar-refractivity contribution in [2.45, 2.75) is 29.4 Å². The highest BCUT2D eigenvalue weighted by atomic mass is 32.2. The van der Waals surface area contributed by atoms with Crippen molar-refractivity contribution in [1.82, 2.24) is 9.55 Å². The molecule has 31 heavy (non-hydrogen) atoms. The molecule has 1 aliphatic rings. The van der Waals surface area contributed by atoms with Crippen LogP contribution in [0.2, 0.25) is 0 Å². The minimum atomic E-state index is -4.46. The Bertz CT molecular complexity index is 1180. The molecule has 0 radical (unpaired) electrons. The molecule has 5 nitrogen and oxygen atoms in total. The van der Waals surface area contributed by atoms with Gasteiger partial charge in [-0.2, -0.15) is 18.2 Å². The normalized spacial score (nSPS) is 16.0. The van der Waals surface area contributed by atoms with Crippen LogP contribution in [0, 0.1) is 0 Å². The lowest BCUT2D eigenvalue weighted by Gasteiger charge is -2.27. The maximum atomic E-state index is 12.9. The topological polar surface area (TPSA) is 64.0 Å². The molecule has 0 saturated heterocycles. The van der Waals surface area contributed by atoms with Gasteiger partial charge in [0.15, 0.2) is 5.16 Å². The van der Waals surface area contributed by atoms with Gasteiger partial charge in [-0.1, -0.05) is 54.2 Å². The van der Waals surface area contributed by atoms with Crippen LogP contribution in [-0.4, -0.2) is 15.5 Å². The average Bonchev–Trinajstić information content (AvgIpc) is 2.75. The summed E-state index contributed by atoms with van der Waals surface area (Å²) in [6.07, 6.45) is -4.49. The van der Waals surface area contributed by atoms with E-state index in [9.17, 15) is 22.8 Å². The maximum absolute atomic E-state index is 12.9. The lowest BCUT2D eigenvalue weighted by Crippen LogP contribution is -2.33. The van der Waals surface area contributed by atoms with Gasteiger partial charge in [0.1, 0.15) is 5.82 Å². The largest absolute Gasteiger partial charge is 0.416 e. The zero-order valence-corrected chi connectivity index (χ0v) is 17.3. The maximum Gasteiger partial charge on any atom is 0.416 e. The number of aromatic nitrogens is 2. The number of carbonyl (C=O) groups is 1. The average molecular weight is 445 g/mol. The predicted molar refractivity (Wildman–Crippen MR) is 112 cm³/mol. The van der Waals surface area contributed by atoms with Gasteiger partial charge in [-0.25, -0.2) is 0 Å². The highest BCUT2D eigenvalue weighted by molar-refractivity contribution is 7.98. The minimum Gasteiger partial charge on any atom is -0.312 e. The number of hydrogen-bond donors (Lipinski definition) is 1. The summed E-state index contributed by atoms with van der Waals surface area (Å²) in [4.78, 5) is 29.4. The third kappa shape index (κ3) is 4.36. The van der Waals surface area contributed by atoms with Crippen molar-refractivity contribution in [3.63, 3.8) is 0 Å². The summed E-state index contributed by atoms with van der Waals surface area (Å²) in [6.45, 7) is 0. The molecule has 0 fully saturated rings. The Labute approximate surface area is 180 Å². The van der Waals surface area contributed by atoms with Crippen LogP contribution >= 0.6 is 11.8 Å². The van der Waals surface area contributed by atoms with Crippen molar-refractivity contribution in [3.8, 4) is 0 Å². The van der Waals surface area contributed by atoms with E-state index >= 15 is 0 Å². The fourth-order valence-corrected chi connectivity index (χ4v) is 4.50. The Hall–Kier alpha value is -3.07. The van der Waals surface area contributed by atoms with Gasteiger partial charge in [0, 0.05) is 25.1 Å². The summed E-state index contributed by atoms with van der Waals surface area (Å²) in [6, 6.07) is 14.2. The van der Waals surface area contributed by atoms with Crippen molar-refractivity contribution in [1.29, 1.82) is 0 Å². The van der Waals surface area contributed by atoms with Gasteiger partial charge < -0.3 is 9.88 Å². The second-order valence-corrected chi connectivity index (χ2v) is 8.16. The molecule has 2 heterocycles. The first-order valence-electron chi connectivity index (χ1n) is 9.48. The monoisotopic (exact) mass is 445 g/mol. The lowest BCUT2D eigenvalue weighted by atomic mass is 9.86. The van der Waals surface area contributed by atoms with Crippen molar-refractivity contribution in [2.75, 3.05) is 5.32 Å². The van der Waals surface area contributed by atoms with Crippen LogP contribution in [0.15, 0.2) is 64.5 Å². The summed E-state index contributed by atoms with van der Waals surface area (Å²) >= 11 is 1.37. The second kappa shape index (κ2) is 8.22. The van der Waals surface area contributed by atoms with Gasteiger partial charge >= 0.3 is 6.18 Å². The molecule has 1 amide bonds. The van der Waals surface area contributed by atoms with Crippen LogP contribution in [0.25, 0.3) is 0 Å². The van der Waals surface area contributed by atoms with Crippen LogP contribution in [0.1, 0.15) is 34.6 Å². The number of rotatable bonds is 4. The molecule has 4 rings (SSSR count). The summed E-state index contributed by atoms with van der Waals surface area (Å²) < 4.78 is 40.3. The Morgan fingerprint density at radius 2 is 1.77 bits per heavy atom. The molecule has 9 heteroatoms. The van der Waals surface area contributed by atoms with Crippen molar-refractivity contribution < 1.29 is 18.0 Å². The molecule has 0 spiro atoms. The predicted octanol–water partition coefficient (Wildman–Crippen LogP) is 4.57. The standard InChI is InChI=1S/C22H18F3N3O2S/c1-28-19-18(20(30)27-21(28)31-12-13-5-3-2-4-6-13)16(11-17(29)26-19)14-7-9-15(10-8-14)22(23,24)25/h2-10,16H,11-12H2,1H3,(H,26,29). The van der Waals surface area contributed by atoms with E-state index < -0.39 is 23.2 Å². The quantitative estimate of drug-likeness (QED) is 0.472. The summed E-state index contributed by atoms with van der Waals surface area (Å²) in [5.74, 6) is -0.0457. The molecule has 0 aliphatic carbocycles. The van der Waals surface area contributed by atoms with Gasteiger partial charge in [0.25, 0.3) is 5.56 Å². The number of nitrogens with zero attached hydrogens (tertiary/aromatic N) is 2. The van der Waals surface area contributed by atoms with Crippen molar-refractivity contribution in [2.24, 2.45) is 7.05 Å². The zero-order chi connectivity index (χ0) is 22.2. The van der Waals surface area contributed by atoms with E-state index in [-0.39, 0.29) is 17.9 Å². The summed E-state index contributed by atoms with van der Waals surface area (Å²) in [5, 5.41) is 3.18. The highest BCUT2D eigenvalue weighted by Crippen LogP contribution is 2.37. The molecule has 2 aromatic carbocycles. The number of carbonyl (C=O) groups excluding carboxylic acids is 1. The number of nitrogens with one attached hydrogen (secondary N) is 1. The highest BCUT2D eigenvalue weighted by Gasteiger charge is 2.34. The molecule has 3 aromatic rings. The number of thioether (sulfide) groups is 1. The Morgan fingerprint density at radius 3 is 2.42 bits per heavy atom. The van der Waals surface area contributed by atoms with E-state index in [1.165, 1.54) is 23.9 Å². The van der Waals surface area contributed by atoms with E-state index in [0.717, 1.165) is 17.7 Å². The first-order chi connectivity index (χ1) is 14.7. The van der Waals surface area contributed by atoms with E-state index in [0.29, 0.717) is 22.3 Å². The van der Waals surface area contributed by atoms with Crippen LogP contribution in [0.3, 0.4) is 0 Å². The second-order valence-electron chi connectivity index (χ2n) is 7.22. The Balaban J connectivity index is 1.70. The van der Waals surface area contributed by atoms with Crippen molar-refractivity contribution >= 4 is 23.5 Å². The van der Waals surface area contributed by atoms with Crippen molar-refractivity contribution in [3.05, 3.63) is 87.2 Å². The molecule has 0 bridgehead atoms.